The molecule has 0 bridgehead atoms. The highest BCUT2D eigenvalue weighted by molar-refractivity contribution is 7.98. The first-order valence-electron chi connectivity index (χ1n) is 5.95. The molecule has 1 fully saturated rings. The van der Waals surface area contributed by atoms with Crippen LogP contribution < -0.4 is 10.6 Å². The smallest absolute Gasteiger partial charge is 0.251 e. The number of carbonyl (C=O) groups is 1. The number of hydrogen-bond acceptors (Lipinski definition) is 3. The molecule has 0 radical (unpaired) electrons. The molecule has 1 aliphatic rings. The highest BCUT2D eigenvalue weighted by Gasteiger charge is 2.19. The Morgan fingerprint density at radius 2 is 2.00 bits per heavy atom. The zero-order valence-corrected chi connectivity index (χ0v) is 10.8. The number of hydrogen-bond donors (Lipinski definition) is 2. The Balaban J connectivity index is 1.73. The first kappa shape index (κ1) is 12.5. The number of carbonyl (C=O) groups excluding carboxylic acids is 1. The fraction of sp³-hybridized carbons (Fsp3) is 0.462. The van der Waals surface area contributed by atoms with Gasteiger partial charge in [0.1, 0.15) is 0 Å². The van der Waals surface area contributed by atoms with Crippen LogP contribution >= 0.6 is 11.8 Å². The highest BCUT2D eigenvalue weighted by Crippen LogP contribution is 2.17. The SMILES string of the molecule is CSc1ccc(C(=O)NCCNC2CC2)cc1. The van der Waals surface area contributed by atoms with Crippen molar-refractivity contribution in [3.05, 3.63) is 29.8 Å². The van der Waals surface area contributed by atoms with Gasteiger partial charge < -0.3 is 10.6 Å². The lowest BCUT2D eigenvalue weighted by atomic mass is 10.2. The second-order valence-electron chi connectivity index (χ2n) is 4.21. The van der Waals surface area contributed by atoms with Crippen LogP contribution in [0.1, 0.15) is 23.2 Å². The van der Waals surface area contributed by atoms with Crippen molar-refractivity contribution in [3.8, 4) is 0 Å². The number of rotatable bonds is 6. The molecule has 17 heavy (non-hydrogen) atoms. The van der Waals surface area contributed by atoms with Crippen molar-refractivity contribution in [3.63, 3.8) is 0 Å². The minimum atomic E-state index is 0.00949. The number of nitrogens with one attached hydrogen (secondary N) is 2. The quantitative estimate of drug-likeness (QED) is 0.598. The van der Waals surface area contributed by atoms with Crippen LogP contribution in [-0.2, 0) is 0 Å². The third kappa shape index (κ3) is 4.06. The molecule has 0 saturated heterocycles. The summed E-state index contributed by atoms with van der Waals surface area (Å²) in [5.41, 5.74) is 0.731. The van der Waals surface area contributed by atoms with Gasteiger partial charge >= 0.3 is 0 Å². The third-order valence-electron chi connectivity index (χ3n) is 2.77. The van der Waals surface area contributed by atoms with E-state index in [1.807, 2.05) is 30.5 Å². The van der Waals surface area contributed by atoms with Crippen LogP contribution in [0.5, 0.6) is 0 Å². The summed E-state index contributed by atoms with van der Waals surface area (Å²) >= 11 is 1.68. The molecule has 0 unspecified atom stereocenters. The Labute approximate surface area is 106 Å². The summed E-state index contributed by atoms with van der Waals surface area (Å²) in [6.45, 7) is 1.55. The molecule has 0 aromatic heterocycles. The van der Waals surface area contributed by atoms with Crippen molar-refractivity contribution in [2.45, 2.75) is 23.8 Å². The van der Waals surface area contributed by atoms with Gasteiger partial charge in [-0.05, 0) is 43.4 Å². The molecule has 0 spiro atoms. The van der Waals surface area contributed by atoms with E-state index < -0.39 is 0 Å². The van der Waals surface area contributed by atoms with Gasteiger partial charge in [-0.2, -0.15) is 0 Å². The zero-order valence-electron chi connectivity index (χ0n) is 10.0. The van der Waals surface area contributed by atoms with E-state index in [4.69, 9.17) is 0 Å². The molecule has 3 nitrogen and oxygen atoms in total. The Hall–Kier alpha value is -1.00. The minimum Gasteiger partial charge on any atom is -0.351 e. The van der Waals surface area contributed by atoms with Gasteiger partial charge in [0.2, 0.25) is 0 Å². The normalized spacial score (nSPS) is 14.6. The van der Waals surface area contributed by atoms with Crippen molar-refractivity contribution >= 4 is 17.7 Å². The first-order valence-corrected chi connectivity index (χ1v) is 7.17. The maximum atomic E-state index is 11.8. The summed E-state index contributed by atoms with van der Waals surface area (Å²) in [5.74, 6) is 0.00949. The summed E-state index contributed by atoms with van der Waals surface area (Å²) < 4.78 is 0. The van der Waals surface area contributed by atoms with Crippen molar-refractivity contribution in [2.75, 3.05) is 19.3 Å². The Kier molecular flexibility index (Phi) is 4.45. The molecule has 0 atom stereocenters. The van der Waals surface area contributed by atoms with E-state index >= 15 is 0 Å². The summed E-state index contributed by atoms with van der Waals surface area (Å²) in [7, 11) is 0. The predicted molar refractivity (Wildman–Crippen MR) is 71.6 cm³/mol. The van der Waals surface area contributed by atoms with E-state index in [2.05, 4.69) is 10.6 Å². The predicted octanol–water partition coefficient (Wildman–Crippen LogP) is 1.89. The van der Waals surface area contributed by atoms with Crippen LogP contribution in [0.4, 0.5) is 0 Å². The van der Waals surface area contributed by atoms with E-state index in [9.17, 15) is 4.79 Å². The van der Waals surface area contributed by atoms with Crippen LogP contribution in [0.2, 0.25) is 0 Å². The van der Waals surface area contributed by atoms with Gasteiger partial charge in [0, 0.05) is 29.6 Å². The lowest BCUT2D eigenvalue weighted by Crippen LogP contribution is -2.32. The van der Waals surface area contributed by atoms with E-state index in [0.717, 1.165) is 12.1 Å². The van der Waals surface area contributed by atoms with Gasteiger partial charge in [-0.1, -0.05) is 0 Å². The molecule has 0 aliphatic heterocycles. The van der Waals surface area contributed by atoms with Gasteiger partial charge in [0.15, 0.2) is 0 Å². The van der Waals surface area contributed by atoms with Gasteiger partial charge in [-0.25, -0.2) is 0 Å². The average molecular weight is 250 g/mol. The van der Waals surface area contributed by atoms with E-state index in [1.165, 1.54) is 17.7 Å². The highest BCUT2D eigenvalue weighted by atomic mass is 32.2. The number of thioether (sulfide) groups is 1. The van der Waals surface area contributed by atoms with Crippen molar-refractivity contribution in [2.24, 2.45) is 0 Å². The third-order valence-corrected chi connectivity index (χ3v) is 3.52. The summed E-state index contributed by atoms with van der Waals surface area (Å²) in [6.07, 6.45) is 4.59. The maximum absolute atomic E-state index is 11.8. The van der Waals surface area contributed by atoms with Gasteiger partial charge in [-0.3, -0.25) is 4.79 Å². The average Bonchev–Trinajstić information content (AvgIpc) is 3.18. The maximum Gasteiger partial charge on any atom is 0.251 e. The molecular formula is C13H18N2OS. The zero-order chi connectivity index (χ0) is 12.1. The van der Waals surface area contributed by atoms with Gasteiger partial charge in [0.05, 0.1) is 0 Å². The molecule has 92 valence electrons. The summed E-state index contributed by atoms with van der Waals surface area (Å²) in [5, 5.41) is 6.27. The molecule has 2 rings (SSSR count). The van der Waals surface area contributed by atoms with Crippen molar-refractivity contribution < 1.29 is 4.79 Å². The second-order valence-corrected chi connectivity index (χ2v) is 5.09. The largest absolute Gasteiger partial charge is 0.351 e. The van der Waals surface area contributed by atoms with Crippen LogP contribution in [0.3, 0.4) is 0 Å². The van der Waals surface area contributed by atoms with Crippen LogP contribution in [-0.4, -0.2) is 31.3 Å². The molecule has 1 aromatic rings. The molecule has 4 heteroatoms. The van der Waals surface area contributed by atoms with Crippen LogP contribution in [0, 0.1) is 0 Å². The number of benzene rings is 1. The second kappa shape index (κ2) is 6.07. The summed E-state index contributed by atoms with van der Waals surface area (Å²) in [6, 6.07) is 8.39. The molecular weight excluding hydrogens is 232 g/mol. The molecule has 1 amide bonds. The lowest BCUT2D eigenvalue weighted by Gasteiger charge is -2.06. The van der Waals surface area contributed by atoms with Crippen molar-refractivity contribution in [1.29, 1.82) is 0 Å². The van der Waals surface area contributed by atoms with Crippen LogP contribution in [0.15, 0.2) is 29.2 Å². The molecule has 2 N–H and O–H groups in total. The summed E-state index contributed by atoms with van der Waals surface area (Å²) in [4.78, 5) is 12.9. The fourth-order valence-corrected chi connectivity index (χ4v) is 1.99. The van der Waals surface area contributed by atoms with Crippen molar-refractivity contribution in [1.82, 2.24) is 10.6 Å². The van der Waals surface area contributed by atoms with Gasteiger partial charge in [-0.15, -0.1) is 11.8 Å². The molecule has 1 aromatic carbocycles. The Morgan fingerprint density at radius 1 is 1.29 bits per heavy atom. The standard InChI is InChI=1S/C13H18N2OS/c1-17-12-6-2-10(3-7-12)13(16)15-9-8-14-11-4-5-11/h2-3,6-7,11,14H,4-5,8-9H2,1H3,(H,15,16). The molecule has 1 saturated carbocycles. The molecule has 1 aliphatic carbocycles. The van der Waals surface area contributed by atoms with E-state index in [1.54, 1.807) is 11.8 Å². The fourth-order valence-electron chi connectivity index (χ4n) is 1.58. The van der Waals surface area contributed by atoms with Crippen LogP contribution in [0.25, 0.3) is 0 Å². The molecule has 0 heterocycles. The Bertz CT molecular complexity index is 374. The van der Waals surface area contributed by atoms with E-state index in [-0.39, 0.29) is 5.91 Å². The first-order chi connectivity index (χ1) is 8.29. The minimum absolute atomic E-state index is 0.00949. The monoisotopic (exact) mass is 250 g/mol. The Morgan fingerprint density at radius 3 is 2.59 bits per heavy atom. The van der Waals surface area contributed by atoms with Gasteiger partial charge in [0.25, 0.3) is 5.91 Å². The lowest BCUT2D eigenvalue weighted by molar-refractivity contribution is 0.0954. The number of amides is 1. The van der Waals surface area contributed by atoms with E-state index in [0.29, 0.717) is 12.6 Å². The topological polar surface area (TPSA) is 41.1 Å².